The van der Waals surface area contributed by atoms with Crippen molar-refractivity contribution in [3.63, 3.8) is 0 Å². The third-order valence-corrected chi connectivity index (χ3v) is 4.32. The maximum Gasteiger partial charge on any atom is 0.328 e. The van der Waals surface area contributed by atoms with E-state index in [1.165, 1.54) is 17.4 Å². The number of fused-ring (bicyclic) bond motifs is 1. The van der Waals surface area contributed by atoms with Gasteiger partial charge in [-0.1, -0.05) is 23.5 Å². The molecule has 0 spiro atoms. The highest BCUT2D eigenvalue weighted by molar-refractivity contribution is 7.22. The summed E-state index contributed by atoms with van der Waals surface area (Å²) in [5.41, 5.74) is 5.05. The Labute approximate surface area is 155 Å². The Morgan fingerprint density at radius 1 is 1.19 bits per heavy atom. The first kappa shape index (κ1) is 17.8. The molecule has 134 valence electrons. The number of rotatable bonds is 4. The molecule has 0 saturated heterocycles. The number of nitro groups is 1. The monoisotopic (exact) mass is 382 g/mol. The van der Waals surface area contributed by atoms with Crippen molar-refractivity contribution in [2.45, 2.75) is 0 Å². The van der Waals surface area contributed by atoms with Crippen molar-refractivity contribution in [2.24, 2.45) is 0 Å². The van der Waals surface area contributed by atoms with Crippen LogP contribution in [-0.4, -0.2) is 21.7 Å². The number of thiazole rings is 1. The van der Waals surface area contributed by atoms with E-state index in [0.717, 1.165) is 22.3 Å². The molecule has 10 nitrogen and oxygen atoms in total. The van der Waals surface area contributed by atoms with Gasteiger partial charge in [0, 0.05) is 12.1 Å². The number of carbonyl (C=O) groups excluding carboxylic acids is 2. The van der Waals surface area contributed by atoms with Gasteiger partial charge in [-0.05, 0) is 18.2 Å². The molecule has 1 aromatic heterocycles. The second-order valence-electron chi connectivity index (χ2n) is 5.12. The lowest BCUT2D eigenvalue weighted by Gasteiger charge is -2.08. The van der Waals surface area contributed by atoms with Gasteiger partial charge in [0.25, 0.3) is 5.69 Å². The van der Waals surface area contributed by atoms with Crippen molar-refractivity contribution in [1.29, 1.82) is 5.26 Å². The van der Waals surface area contributed by atoms with Crippen LogP contribution >= 0.6 is 11.3 Å². The number of nitrogens with one attached hydrogen (secondary N) is 3. The van der Waals surface area contributed by atoms with Crippen LogP contribution in [0.25, 0.3) is 10.2 Å². The maximum atomic E-state index is 12.0. The summed E-state index contributed by atoms with van der Waals surface area (Å²) < 4.78 is 0.906. The summed E-state index contributed by atoms with van der Waals surface area (Å²) in [4.78, 5) is 38.2. The molecule has 3 rings (SSSR count). The molecule has 27 heavy (non-hydrogen) atoms. The third-order valence-electron chi connectivity index (χ3n) is 3.37. The zero-order chi connectivity index (χ0) is 19.4. The number of anilines is 2. The van der Waals surface area contributed by atoms with Crippen LogP contribution in [0.3, 0.4) is 0 Å². The second-order valence-corrected chi connectivity index (χ2v) is 6.15. The fraction of sp³-hybridized carbons (Fsp3) is 0. The first-order valence-corrected chi connectivity index (χ1v) is 8.21. The Kier molecular flexibility index (Phi) is 4.91. The molecule has 3 N–H and O–H groups in total. The van der Waals surface area contributed by atoms with Gasteiger partial charge in [-0.3, -0.25) is 30.6 Å². The molecule has 0 aliphatic rings. The molecule has 0 unspecified atom stereocenters. The highest BCUT2D eigenvalue weighted by atomic mass is 32.1. The Morgan fingerprint density at radius 3 is 2.67 bits per heavy atom. The summed E-state index contributed by atoms with van der Waals surface area (Å²) in [6.07, 6.45) is 0. The molecule has 0 saturated carbocycles. The number of carbonyl (C=O) groups is 2. The fourth-order valence-corrected chi connectivity index (χ4v) is 2.94. The SMILES string of the molecule is N#Cc1cc([N+](=O)[O-])ccc1NC(=O)C(=O)NNc1nc2ccccc2s1. The molecule has 0 atom stereocenters. The molecule has 1 heterocycles. The van der Waals surface area contributed by atoms with Crippen molar-refractivity contribution in [3.8, 4) is 6.07 Å². The highest BCUT2D eigenvalue weighted by Gasteiger charge is 2.18. The minimum absolute atomic E-state index is 0.0109. The average Bonchev–Trinajstić information content (AvgIpc) is 3.09. The number of nitriles is 1. The van der Waals surface area contributed by atoms with Crippen LogP contribution in [-0.2, 0) is 9.59 Å². The lowest BCUT2D eigenvalue weighted by atomic mass is 10.1. The van der Waals surface area contributed by atoms with E-state index < -0.39 is 16.7 Å². The number of para-hydroxylation sites is 1. The summed E-state index contributed by atoms with van der Waals surface area (Å²) in [7, 11) is 0. The lowest BCUT2D eigenvalue weighted by molar-refractivity contribution is -0.384. The van der Waals surface area contributed by atoms with E-state index in [2.05, 4.69) is 21.2 Å². The van der Waals surface area contributed by atoms with E-state index in [9.17, 15) is 19.7 Å². The minimum atomic E-state index is -1.05. The van der Waals surface area contributed by atoms with Crippen molar-refractivity contribution in [3.05, 3.63) is 58.1 Å². The summed E-state index contributed by atoms with van der Waals surface area (Å²) in [5.74, 6) is -2.06. The number of non-ortho nitro benzene ring substituents is 1. The van der Waals surface area contributed by atoms with E-state index in [4.69, 9.17) is 5.26 Å². The standard InChI is InChI=1S/C16H10N6O4S/c17-8-9-7-10(22(25)26)5-6-11(9)18-14(23)15(24)20-21-16-19-12-3-1-2-4-13(12)27-16/h1-7H,(H,18,23)(H,19,21)(H,20,24). The smallest absolute Gasteiger partial charge is 0.316 e. The van der Waals surface area contributed by atoms with Crippen LogP contribution in [0.2, 0.25) is 0 Å². The first-order chi connectivity index (χ1) is 13.0. The van der Waals surface area contributed by atoms with Crippen molar-refractivity contribution in [2.75, 3.05) is 10.7 Å². The van der Waals surface area contributed by atoms with Gasteiger partial charge in [0.2, 0.25) is 5.13 Å². The minimum Gasteiger partial charge on any atom is -0.316 e. The molecule has 2 aromatic carbocycles. The summed E-state index contributed by atoms with van der Waals surface area (Å²) in [5, 5.41) is 22.4. The van der Waals surface area contributed by atoms with Crippen LogP contribution in [0.15, 0.2) is 42.5 Å². The predicted octanol–water partition coefficient (Wildman–Crippen LogP) is 2.16. The summed E-state index contributed by atoms with van der Waals surface area (Å²) >= 11 is 1.29. The van der Waals surface area contributed by atoms with Crippen molar-refractivity contribution in [1.82, 2.24) is 10.4 Å². The van der Waals surface area contributed by atoms with E-state index >= 15 is 0 Å². The Bertz CT molecular complexity index is 1070. The molecule has 3 aromatic rings. The normalized spacial score (nSPS) is 10.0. The number of nitro benzene ring substituents is 1. The lowest BCUT2D eigenvalue weighted by Crippen LogP contribution is -2.38. The topological polar surface area (TPSA) is 150 Å². The van der Waals surface area contributed by atoms with Crippen LogP contribution < -0.4 is 16.2 Å². The molecule has 0 aliphatic carbocycles. The van der Waals surface area contributed by atoms with Crippen LogP contribution in [0.1, 0.15) is 5.56 Å². The second kappa shape index (κ2) is 7.46. The van der Waals surface area contributed by atoms with Crippen LogP contribution in [0.4, 0.5) is 16.5 Å². The van der Waals surface area contributed by atoms with Crippen LogP contribution in [0, 0.1) is 21.4 Å². The number of aromatic nitrogens is 1. The van der Waals surface area contributed by atoms with Gasteiger partial charge in [-0.25, -0.2) is 4.98 Å². The van der Waals surface area contributed by atoms with Gasteiger partial charge in [-0.2, -0.15) is 5.26 Å². The zero-order valence-electron chi connectivity index (χ0n) is 13.4. The van der Waals surface area contributed by atoms with E-state index in [1.54, 1.807) is 6.07 Å². The quantitative estimate of drug-likeness (QED) is 0.355. The average molecular weight is 382 g/mol. The van der Waals surface area contributed by atoms with Gasteiger partial charge in [-0.15, -0.1) is 0 Å². The molecule has 0 fully saturated rings. The molecule has 0 radical (unpaired) electrons. The van der Waals surface area contributed by atoms with E-state index in [1.807, 2.05) is 24.3 Å². The Hall–Kier alpha value is -4.04. The maximum absolute atomic E-state index is 12.0. The summed E-state index contributed by atoms with van der Waals surface area (Å²) in [6.45, 7) is 0. The Morgan fingerprint density at radius 2 is 1.96 bits per heavy atom. The van der Waals surface area contributed by atoms with Gasteiger partial charge in [0.1, 0.15) is 6.07 Å². The fourth-order valence-electron chi connectivity index (χ4n) is 2.12. The van der Waals surface area contributed by atoms with E-state index in [-0.39, 0.29) is 16.9 Å². The van der Waals surface area contributed by atoms with Gasteiger partial charge < -0.3 is 5.32 Å². The van der Waals surface area contributed by atoms with Gasteiger partial charge >= 0.3 is 11.8 Å². The summed E-state index contributed by atoms with van der Waals surface area (Å²) in [6, 6.07) is 12.4. The van der Waals surface area contributed by atoms with E-state index in [0.29, 0.717) is 5.13 Å². The molecule has 0 aliphatic heterocycles. The number of amides is 2. The Balaban J connectivity index is 1.64. The number of hydrogen-bond acceptors (Lipinski definition) is 8. The number of hydrazine groups is 1. The third kappa shape index (κ3) is 3.97. The predicted molar refractivity (Wildman–Crippen MR) is 97.8 cm³/mol. The van der Waals surface area contributed by atoms with Gasteiger partial charge in [0.05, 0.1) is 26.4 Å². The number of nitrogens with zero attached hydrogens (tertiary/aromatic N) is 3. The molecular weight excluding hydrogens is 372 g/mol. The zero-order valence-corrected chi connectivity index (χ0v) is 14.2. The van der Waals surface area contributed by atoms with Gasteiger partial charge in [0.15, 0.2) is 0 Å². The highest BCUT2D eigenvalue weighted by Crippen LogP contribution is 2.24. The number of hydrogen-bond donors (Lipinski definition) is 3. The molecule has 2 amide bonds. The molecule has 0 bridgehead atoms. The number of benzene rings is 2. The molecular formula is C16H10N6O4S. The van der Waals surface area contributed by atoms with Crippen molar-refractivity contribution < 1.29 is 14.5 Å². The largest absolute Gasteiger partial charge is 0.328 e. The van der Waals surface area contributed by atoms with Crippen molar-refractivity contribution >= 4 is 49.9 Å². The first-order valence-electron chi connectivity index (χ1n) is 7.39. The van der Waals surface area contributed by atoms with Crippen LogP contribution in [0.5, 0.6) is 0 Å². The molecule has 11 heteroatoms.